The van der Waals surface area contributed by atoms with Gasteiger partial charge in [-0.3, -0.25) is 0 Å². The van der Waals surface area contributed by atoms with E-state index in [0.717, 1.165) is 6.42 Å². The third kappa shape index (κ3) is 9.33. The Morgan fingerprint density at radius 2 is 1.92 bits per heavy atom. The molecule has 0 rings (SSSR count). The van der Waals surface area contributed by atoms with Gasteiger partial charge in [-0.1, -0.05) is 13.8 Å². The monoisotopic (exact) mass is 182 g/mol. The van der Waals surface area contributed by atoms with Crippen molar-refractivity contribution in [3.8, 4) is 0 Å². The fraction of sp³-hybridized carbons (Fsp3) is 0.750. The Hall–Kier alpha value is -0.670. The van der Waals surface area contributed by atoms with Crippen molar-refractivity contribution in [2.45, 2.75) is 26.4 Å². The SMILES string of the molecule is CC(C)CCO/C=C\C(F)(F)F. The van der Waals surface area contributed by atoms with Gasteiger partial charge in [-0.25, -0.2) is 0 Å². The van der Waals surface area contributed by atoms with Crippen LogP contribution in [0.1, 0.15) is 20.3 Å². The van der Waals surface area contributed by atoms with Gasteiger partial charge in [-0.05, 0) is 12.3 Å². The van der Waals surface area contributed by atoms with Crippen molar-refractivity contribution in [3.63, 3.8) is 0 Å². The summed E-state index contributed by atoms with van der Waals surface area (Å²) in [5.74, 6) is 0.448. The lowest BCUT2D eigenvalue weighted by atomic mass is 10.1. The highest BCUT2D eigenvalue weighted by Gasteiger charge is 2.22. The molecular formula is C8H13F3O. The molecule has 0 aliphatic rings. The first kappa shape index (κ1) is 11.3. The molecule has 0 saturated heterocycles. The van der Waals surface area contributed by atoms with E-state index in [0.29, 0.717) is 18.8 Å². The van der Waals surface area contributed by atoms with Crippen LogP contribution in [0.4, 0.5) is 13.2 Å². The predicted octanol–water partition coefficient (Wildman–Crippen LogP) is 3.13. The van der Waals surface area contributed by atoms with Gasteiger partial charge in [0.2, 0.25) is 0 Å². The first-order chi connectivity index (χ1) is 5.42. The Balaban J connectivity index is 3.37. The lowest BCUT2D eigenvalue weighted by molar-refractivity contribution is -0.0816. The molecule has 0 bridgehead atoms. The summed E-state index contributed by atoms with van der Waals surface area (Å²) >= 11 is 0. The van der Waals surface area contributed by atoms with Crippen LogP contribution in [0, 0.1) is 5.92 Å². The van der Waals surface area contributed by atoms with E-state index in [1.165, 1.54) is 0 Å². The normalized spacial score (nSPS) is 12.8. The van der Waals surface area contributed by atoms with E-state index < -0.39 is 6.18 Å². The van der Waals surface area contributed by atoms with Crippen LogP contribution in [-0.2, 0) is 4.74 Å². The molecule has 0 aliphatic heterocycles. The average molecular weight is 182 g/mol. The summed E-state index contributed by atoms with van der Waals surface area (Å²) in [6.07, 6.45) is -2.71. The summed E-state index contributed by atoms with van der Waals surface area (Å²) in [6.45, 7) is 4.30. The van der Waals surface area contributed by atoms with Crippen LogP contribution in [0.3, 0.4) is 0 Å². The highest BCUT2D eigenvalue weighted by atomic mass is 19.4. The molecule has 0 atom stereocenters. The topological polar surface area (TPSA) is 9.23 Å². The molecule has 0 heterocycles. The molecule has 1 nitrogen and oxygen atoms in total. The number of allylic oxidation sites excluding steroid dienone is 1. The van der Waals surface area contributed by atoms with Crippen molar-refractivity contribution in [3.05, 3.63) is 12.3 Å². The van der Waals surface area contributed by atoms with Gasteiger partial charge in [-0.15, -0.1) is 0 Å². The highest BCUT2D eigenvalue weighted by Crippen LogP contribution is 2.15. The zero-order chi connectivity index (χ0) is 9.61. The summed E-state index contributed by atoms with van der Waals surface area (Å²) in [7, 11) is 0. The summed E-state index contributed by atoms with van der Waals surface area (Å²) in [6, 6.07) is 0. The van der Waals surface area contributed by atoms with Crippen LogP contribution in [0.25, 0.3) is 0 Å². The van der Waals surface area contributed by atoms with Gasteiger partial charge in [-0.2, -0.15) is 13.2 Å². The van der Waals surface area contributed by atoms with Crippen molar-refractivity contribution < 1.29 is 17.9 Å². The molecule has 0 radical (unpaired) electrons. The number of ether oxygens (including phenoxy) is 1. The number of alkyl halides is 3. The van der Waals surface area contributed by atoms with E-state index in [1.807, 2.05) is 13.8 Å². The lowest BCUT2D eigenvalue weighted by Crippen LogP contribution is -2.01. The molecule has 0 amide bonds. The standard InChI is InChI=1S/C8H13F3O/c1-7(2)3-5-12-6-4-8(9,10)11/h4,6-7H,3,5H2,1-2H3/b6-4-. The smallest absolute Gasteiger partial charge is 0.412 e. The van der Waals surface area contributed by atoms with E-state index in [2.05, 4.69) is 4.74 Å². The van der Waals surface area contributed by atoms with E-state index in [9.17, 15) is 13.2 Å². The number of hydrogen-bond donors (Lipinski definition) is 0. The molecule has 0 saturated carbocycles. The maximum absolute atomic E-state index is 11.5. The molecule has 0 aromatic rings. The van der Waals surface area contributed by atoms with Gasteiger partial charge in [0.05, 0.1) is 18.9 Å². The Bertz CT molecular complexity index is 138. The maximum atomic E-state index is 11.5. The van der Waals surface area contributed by atoms with Gasteiger partial charge < -0.3 is 4.74 Å². The Morgan fingerprint density at radius 3 is 2.33 bits per heavy atom. The zero-order valence-corrected chi connectivity index (χ0v) is 7.19. The first-order valence-corrected chi connectivity index (χ1v) is 3.78. The molecule has 0 aliphatic carbocycles. The molecule has 12 heavy (non-hydrogen) atoms. The van der Waals surface area contributed by atoms with Crippen molar-refractivity contribution >= 4 is 0 Å². The summed E-state index contributed by atoms with van der Waals surface area (Å²) in [4.78, 5) is 0. The van der Waals surface area contributed by atoms with Crippen LogP contribution in [0.15, 0.2) is 12.3 Å². The van der Waals surface area contributed by atoms with Crippen LogP contribution >= 0.6 is 0 Å². The van der Waals surface area contributed by atoms with Crippen molar-refractivity contribution in [1.29, 1.82) is 0 Å². The zero-order valence-electron chi connectivity index (χ0n) is 7.19. The molecule has 0 aromatic carbocycles. The predicted molar refractivity (Wildman–Crippen MR) is 40.6 cm³/mol. The van der Waals surface area contributed by atoms with Gasteiger partial charge in [0.1, 0.15) is 0 Å². The average Bonchev–Trinajstić information content (AvgIpc) is 1.83. The molecular weight excluding hydrogens is 169 g/mol. The summed E-state index contributed by atoms with van der Waals surface area (Å²) in [5, 5.41) is 0. The van der Waals surface area contributed by atoms with E-state index in [4.69, 9.17) is 0 Å². The number of rotatable bonds is 4. The molecule has 0 fully saturated rings. The molecule has 4 heteroatoms. The van der Waals surface area contributed by atoms with Crippen molar-refractivity contribution in [2.24, 2.45) is 5.92 Å². The molecule has 0 unspecified atom stereocenters. The summed E-state index contributed by atoms with van der Waals surface area (Å²) in [5.41, 5.74) is 0. The number of halogens is 3. The molecule has 0 spiro atoms. The minimum atomic E-state index is -4.27. The molecule has 72 valence electrons. The Labute approximate surface area is 70.2 Å². The third-order valence-electron chi connectivity index (χ3n) is 1.17. The third-order valence-corrected chi connectivity index (χ3v) is 1.17. The minimum absolute atomic E-state index is 0.0906. The van der Waals surface area contributed by atoms with Crippen molar-refractivity contribution in [2.75, 3.05) is 6.61 Å². The van der Waals surface area contributed by atoms with Crippen LogP contribution in [-0.4, -0.2) is 12.8 Å². The quantitative estimate of drug-likeness (QED) is 0.479. The van der Waals surface area contributed by atoms with E-state index >= 15 is 0 Å². The van der Waals surface area contributed by atoms with Crippen LogP contribution in [0.5, 0.6) is 0 Å². The first-order valence-electron chi connectivity index (χ1n) is 3.78. The minimum Gasteiger partial charge on any atom is -0.501 e. The van der Waals surface area contributed by atoms with Gasteiger partial charge in [0.25, 0.3) is 0 Å². The molecule has 0 N–H and O–H groups in total. The van der Waals surface area contributed by atoms with E-state index in [1.54, 1.807) is 0 Å². The largest absolute Gasteiger partial charge is 0.501 e. The molecule has 0 aromatic heterocycles. The maximum Gasteiger partial charge on any atom is 0.412 e. The van der Waals surface area contributed by atoms with E-state index in [-0.39, 0.29) is 6.08 Å². The van der Waals surface area contributed by atoms with Gasteiger partial charge in [0.15, 0.2) is 0 Å². The van der Waals surface area contributed by atoms with Crippen LogP contribution < -0.4 is 0 Å². The fourth-order valence-electron chi connectivity index (χ4n) is 0.497. The van der Waals surface area contributed by atoms with Crippen molar-refractivity contribution in [1.82, 2.24) is 0 Å². The lowest BCUT2D eigenvalue weighted by Gasteiger charge is -2.03. The second kappa shape index (κ2) is 5.06. The second-order valence-electron chi connectivity index (χ2n) is 2.90. The Morgan fingerprint density at radius 1 is 1.33 bits per heavy atom. The van der Waals surface area contributed by atoms with Gasteiger partial charge >= 0.3 is 6.18 Å². The second-order valence-corrected chi connectivity index (χ2v) is 2.90. The number of hydrogen-bond acceptors (Lipinski definition) is 1. The van der Waals surface area contributed by atoms with Gasteiger partial charge in [0, 0.05) is 0 Å². The summed E-state index contributed by atoms with van der Waals surface area (Å²) < 4.78 is 39.0. The van der Waals surface area contributed by atoms with Crippen LogP contribution in [0.2, 0.25) is 0 Å². The fourth-order valence-corrected chi connectivity index (χ4v) is 0.497. The Kier molecular flexibility index (Phi) is 4.78. The highest BCUT2D eigenvalue weighted by molar-refractivity contribution is 4.82.